The fourth-order valence-corrected chi connectivity index (χ4v) is 3.71. The molecule has 0 atom stereocenters. The molecule has 0 spiro atoms. The van der Waals surface area contributed by atoms with Crippen molar-refractivity contribution >= 4 is 11.5 Å². The summed E-state index contributed by atoms with van der Waals surface area (Å²) in [5.74, 6) is 1.15. The number of amides is 1. The van der Waals surface area contributed by atoms with Crippen molar-refractivity contribution in [3.05, 3.63) is 58.8 Å². The fraction of sp³-hybridized carbons (Fsp3) is 0.368. The van der Waals surface area contributed by atoms with E-state index < -0.39 is 0 Å². The smallest absolute Gasteiger partial charge is 0.219 e. The number of hydrogen-bond donors (Lipinski definition) is 0. The van der Waals surface area contributed by atoms with Gasteiger partial charge in [-0.3, -0.25) is 4.79 Å². The van der Waals surface area contributed by atoms with E-state index in [2.05, 4.69) is 29.2 Å². The summed E-state index contributed by atoms with van der Waals surface area (Å²) >= 11 is 0. The molecule has 0 unspecified atom stereocenters. The van der Waals surface area contributed by atoms with Gasteiger partial charge < -0.3 is 9.32 Å². The quantitative estimate of drug-likeness (QED) is 0.751. The van der Waals surface area contributed by atoms with Gasteiger partial charge in [-0.2, -0.15) is 0 Å². The van der Waals surface area contributed by atoms with Crippen molar-refractivity contribution in [2.45, 2.75) is 32.6 Å². The predicted molar refractivity (Wildman–Crippen MR) is 87.9 cm³/mol. The monoisotopic (exact) mass is 308 g/mol. The van der Waals surface area contributed by atoms with Crippen molar-refractivity contribution in [3.63, 3.8) is 0 Å². The van der Waals surface area contributed by atoms with Crippen LogP contribution in [0.3, 0.4) is 0 Å². The highest BCUT2D eigenvalue weighted by Gasteiger charge is 2.26. The average Bonchev–Trinajstić information content (AvgIpc) is 2.97. The number of carbonyl (C=O) groups is 1. The standard InChI is InChI=1S/C19H20N2O2/c1-13(22)21-10-8-15(9-11-21)18-16-5-3-2-4-14(16)6-7-17-19(18)20-12-23-17/h2-5,12H,6-11H2,1H3. The summed E-state index contributed by atoms with van der Waals surface area (Å²) in [7, 11) is 0. The maximum Gasteiger partial charge on any atom is 0.219 e. The van der Waals surface area contributed by atoms with Gasteiger partial charge in [0.15, 0.2) is 6.39 Å². The van der Waals surface area contributed by atoms with Gasteiger partial charge in [-0.15, -0.1) is 0 Å². The molecule has 1 fully saturated rings. The zero-order chi connectivity index (χ0) is 15.8. The Morgan fingerprint density at radius 3 is 2.70 bits per heavy atom. The Hall–Kier alpha value is -2.36. The molecule has 2 heterocycles. The number of likely N-dealkylation sites (tertiary alicyclic amines) is 1. The van der Waals surface area contributed by atoms with E-state index in [1.54, 1.807) is 13.3 Å². The maximum atomic E-state index is 11.6. The second kappa shape index (κ2) is 5.69. The molecule has 23 heavy (non-hydrogen) atoms. The molecule has 1 amide bonds. The molecule has 0 saturated carbocycles. The lowest BCUT2D eigenvalue weighted by Crippen LogP contribution is -2.34. The molecule has 1 aromatic heterocycles. The van der Waals surface area contributed by atoms with Crippen LogP contribution in [0.15, 0.2) is 40.6 Å². The Kier molecular flexibility index (Phi) is 3.52. The number of rotatable bonds is 0. The van der Waals surface area contributed by atoms with E-state index in [4.69, 9.17) is 4.42 Å². The van der Waals surface area contributed by atoms with Gasteiger partial charge >= 0.3 is 0 Å². The lowest BCUT2D eigenvalue weighted by molar-refractivity contribution is -0.129. The third kappa shape index (κ3) is 2.48. The van der Waals surface area contributed by atoms with Gasteiger partial charge in [-0.05, 0) is 30.4 Å². The highest BCUT2D eigenvalue weighted by Crippen LogP contribution is 2.37. The van der Waals surface area contributed by atoms with E-state index in [0.717, 1.165) is 50.2 Å². The Bertz CT molecular complexity index is 778. The number of aromatic nitrogens is 1. The molecular weight excluding hydrogens is 288 g/mol. The summed E-state index contributed by atoms with van der Waals surface area (Å²) in [6.45, 7) is 3.24. The van der Waals surface area contributed by atoms with Crippen LogP contribution in [0.5, 0.6) is 0 Å². The topological polar surface area (TPSA) is 46.3 Å². The first-order valence-electron chi connectivity index (χ1n) is 8.22. The molecule has 2 aromatic rings. The predicted octanol–water partition coefficient (Wildman–Crippen LogP) is 3.22. The summed E-state index contributed by atoms with van der Waals surface area (Å²) in [6.07, 6.45) is 5.26. The second-order valence-electron chi connectivity index (χ2n) is 6.27. The molecule has 0 bridgehead atoms. The number of hydrogen-bond acceptors (Lipinski definition) is 3. The van der Waals surface area contributed by atoms with E-state index in [9.17, 15) is 4.79 Å². The minimum absolute atomic E-state index is 0.164. The van der Waals surface area contributed by atoms with Gasteiger partial charge in [0.25, 0.3) is 0 Å². The number of nitrogens with zero attached hydrogens (tertiary/aromatic N) is 2. The first kappa shape index (κ1) is 14.2. The van der Waals surface area contributed by atoms with Crippen molar-refractivity contribution in [1.29, 1.82) is 0 Å². The third-order valence-electron chi connectivity index (χ3n) is 4.95. The zero-order valence-corrected chi connectivity index (χ0v) is 13.3. The van der Waals surface area contributed by atoms with Crippen molar-refractivity contribution in [1.82, 2.24) is 9.88 Å². The summed E-state index contributed by atoms with van der Waals surface area (Å²) in [5.41, 5.74) is 6.28. The number of benzene rings is 1. The molecular formula is C19H20N2O2. The summed E-state index contributed by atoms with van der Waals surface area (Å²) in [5, 5.41) is 0. The molecule has 2 aliphatic rings. The molecule has 1 aliphatic heterocycles. The zero-order valence-electron chi connectivity index (χ0n) is 13.3. The highest BCUT2D eigenvalue weighted by atomic mass is 16.3. The van der Waals surface area contributed by atoms with Crippen LogP contribution < -0.4 is 0 Å². The maximum absolute atomic E-state index is 11.6. The van der Waals surface area contributed by atoms with Gasteiger partial charge in [-0.25, -0.2) is 4.98 Å². The Morgan fingerprint density at radius 1 is 1.13 bits per heavy atom. The van der Waals surface area contributed by atoms with Crippen LogP contribution in [-0.2, 0) is 17.6 Å². The van der Waals surface area contributed by atoms with Crippen molar-refractivity contribution < 1.29 is 9.21 Å². The molecule has 4 heteroatoms. The Morgan fingerprint density at radius 2 is 1.91 bits per heavy atom. The van der Waals surface area contributed by atoms with Gasteiger partial charge in [0, 0.05) is 32.0 Å². The van der Waals surface area contributed by atoms with E-state index in [0.29, 0.717) is 0 Å². The van der Waals surface area contributed by atoms with Crippen LogP contribution >= 0.6 is 0 Å². The van der Waals surface area contributed by atoms with E-state index in [1.165, 1.54) is 22.3 Å². The van der Waals surface area contributed by atoms with Crippen LogP contribution in [0.1, 0.15) is 42.3 Å². The third-order valence-corrected chi connectivity index (χ3v) is 4.95. The number of fused-ring (bicyclic) bond motifs is 2. The lowest BCUT2D eigenvalue weighted by Gasteiger charge is -2.29. The van der Waals surface area contributed by atoms with Crippen molar-refractivity contribution in [2.75, 3.05) is 13.1 Å². The largest absolute Gasteiger partial charge is 0.448 e. The van der Waals surface area contributed by atoms with Crippen molar-refractivity contribution in [2.24, 2.45) is 0 Å². The summed E-state index contributed by atoms with van der Waals surface area (Å²) in [4.78, 5) is 18.0. The minimum atomic E-state index is 0.164. The minimum Gasteiger partial charge on any atom is -0.448 e. The Labute approximate surface area is 135 Å². The van der Waals surface area contributed by atoms with E-state index >= 15 is 0 Å². The van der Waals surface area contributed by atoms with Crippen molar-refractivity contribution in [3.8, 4) is 0 Å². The molecule has 4 nitrogen and oxygen atoms in total. The van der Waals surface area contributed by atoms with E-state index in [-0.39, 0.29) is 5.91 Å². The molecule has 0 N–H and O–H groups in total. The van der Waals surface area contributed by atoms with Gasteiger partial charge in [0.05, 0.1) is 0 Å². The number of piperidine rings is 1. The number of oxazole rings is 1. The number of aryl methyl sites for hydroxylation is 2. The van der Waals surface area contributed by atoms with E-state index in [1.807, 2.05) is 4.90 Å². The second-order valence-corrected chi connectivity index (χ2v) is 6.27. The Balaban J connectivity index is 1.82. The van der Waals surface area contributed by atoms with Crippen LogP contribution in [0, 0.1) is 0 Å². The first-order valence-corrected chi connectivity index (χ1v) is 8.22. The summed E-state index contributed by atoms with van der Waals surface area (Å²) < 4.78 is 5.64. The lowest BCUT2D eigenvalue weighted by atomic mass is 9.89. The van der Waals surface area contributed by atoms with Crippen LogP contribution in [0.4, 0.5) is 0 Å². The van der Waals surface area contributed by atoms with Crippen LogP contribution in [0.2, 0.25) is 0 Å². The molecule has 0 radical (unpaired) electrons. The first-order chi connectivity index (χ1) is 11.2. The van der Waals surface area contributed by atoms with Crippen LogP contribution in [-0.4, -0.2) is 28.9 Å². The molecule has 118 valence electrons. The molecule has 1 aromatic carbocycles. The van der Waals surface area contributed by atoms with Gasteiger partial charge in [0.1, 0.15) is 11.5 Å². The van der Waals surface area contributed by atoms with Gasteiger partial charge in [0.2, 0.25) is 5.91 Å². The molecule has 1 aliphatic carbocycles. The van der Waals surface area contributed by atoms with Gasteiger partial charge in [-0.1, -0.05) is 29.8 Å². The molecule has 1 saturated heterocycles. The summed E-state index contributed by atoms with van der Waals surface area (Å²) in [6, 6.07) is 8.58. The van der Waals surface area contributed by atoms with Crippen LogP contribution in [0.25, 0.3) is 5.57 Å². The highest BCUT2D eigenvalue weighted by molar-refractivity contribution is 5.84. The SMILES string of the molecule is CC(=O)N1CCC(=C2c3ccccc3CCc3ocnc32)CC1. The number of carbonyl (C=O) groups excluding carboxylic acids is 1. The molecule has 4 rings (SSSR count). The average molecular weight is 308 g/mol. The fourth-order valence-electron chi connectivity index (χ4n) is 3.71. The normalized spacial score (nSPS) is 17.5.